The summed E-state index contributed by atoms with van der Waals surface area (Å²) in [6.45, 7) is 3.18. The van der Waals surface area contributed by atoms with Crippen LogP contribution in [0.3, 0.4) is 0 Å². The Kier molecular flexibility index (Phi) is 8.09. The molecule has 170 valence electrons. The number of amides is 2. The van der Waals surface area contributed by atoms with Crippen LogP contribution >= 0.6 is 0 Å². The number of nitrogens with one attached hydrogen (secondary N) is 2. The van der Waals surface area contributed by atoms with E-state index in [-0.39, 0.29) is 29.9 Å². The fourth-order valence-electron chi connectivity index (χ4n) is 3.42. The van der Waals surface area contributed by atoms with E-state index >= 15 is 0 Å². The Balaban J connectivity index is 1.31. The van der Waals surface area contributed by atoms with Crippen LogP contribution in [0.25, 0.3) is 0 Å². The molecule has 0 unspecified atom stereocenters. The van der Waals surface area contributed by atoms with Crippen LogP contribution in [0.2, 0.25) is 0 Å². The van der Waals surface area contributed by atoms with Gasteiger partial charge in [0.1, 0.15) is 5.82 Å². The van der Waals surface area contributed by atoms with E-state index in [1.807, 2.05) is 4.90 Å². The monoisotopic (exact) mass is 443 g/mol. The predicted molar refractivity (Wildman–Crippen MR) is 119 cm³/mol. The number of rotatable bonds is 9. The molecule has 0 spiro atoms. The molecule has 2 amide bonds. The number of nitro benzene ring substituents is 1. The van der Waals surface area contributed by atoms with Crippen molar-refractivity contribution in [2.24, 2.45) is 0 Å². The number of hydrogen-bond acceptors (Lipinski definition) is 6. The highest BCUT2D eigenvalue weighted by Gasteiger charge is 2.22. The Bertz CT molecular complexity index is 928. The van der Waals surface area contributed by atoms with Crippen molar-refractivity contribution >= 4 is 28.9 Å². The van der Waals surface area contributed by atoms with Gasteiger partial charge in [0, 0.05) is 62.7 Å². The Morgan fingerprint density at radius 3 is 2.22 bits per heavy atom. The molecule has 0 bridgehead atoms. The molecular weight excluding hydrogens is 417 g/mol. The minimum Gasteiger partial charge on any atom is -0.385 e. The molecule has 2 N–H and O–H groups in total. The molecule has 10 heteroatoms. The summed E-state index contributed by atoms with van der Waals surface area (Å²) in [4.78, 5) is 38.6. The summed E-state index contributed by atoms with van der Waals surface area (Å²) in [6.07, 6.45) is 1.06. The SMILES string of the molecule is O=C(CN1CCN(C(=O)CCCNc2ccc([N+](=O)[O-])cc2)CC1)Nc1ccc(F)cc1. The molecule has 0 saturated carbocycles. The van der Waals surface area contributed by atoms with Gasteiger partial charge in [0.05, 0.1) is 11.5 Å². The fourth-order valence-corrected chi connectivity index (χ4v) is 3.42. The number of halogens is 1. The van der Waals surface area contributed by atoms with Gasteiger partial charge in [0.2, 0.25) is 11.8 Å². The van der Waals surface area contributed by atoms with Crippen molar-refractivity contribution in [3.05, 3.63) is 64.5 Å². The summed E-state index contributed by atoms with van der Waals surface area (Å²) in [5.41, 5.74) is 1.36. The molecule has 1 aliphatic rings. The summed E-state index contributed by atoms with van der Waals surface area (Å²) >= 11 is 0. The Morgan fingerprint density at radius 1 is 0.969 bits per heavy atom. The molecule has 2 aromatic rings. The number of hydrogen-bond donors (Lipinski definition) is 2. The van der Waals surface area contributed by atoms with Crippen LogP contribution in [0.15, 0.2) is 48.5 Å². The quantitative estimate of drug-likeness (QED) is 0.351. The first-order valence-electron chi connectivity index (χ1n) is 10.4. The van der Waals surface area contributed by atoms with E-state index in [1.54, 1.807) is 17.0 Å². The maximum absolute atomic E-state index is 12.9. The highest BCUT2D eigenvalue weighted by molar-refractivity contribution is 5.92. The molecule has 32 heavy (non-hydrogen) atoms. The van der Waals surface area contributed by atoms with Gasteiger partial charge in [-0.25, -0.2) is 4.39 Å². The van der Waals surface area contributed by atoms with Crippen molar-refractivity contribution in [1.29, 1.82) is 0 Å². The second kappa shape index (κ2) is 11.2. The van der Waals surface area contributed by atoms with E-state index in [9.17, 15) is 24.1 Å². The third-order valence-electron chi connectivity index (χ3n) is 5.19. The zero-order chi connectivity index (χ0) is 22.9. The van der Waals surface area contributed by atoms with Gasteiger partial charge in [0.15, 0.2) is 0 Å². The average molecular weight is 443 g/mol. The lowest BCUT2D eigenvalue weighted by molar-refractivity contribution is -0.384. The van der Waals surface area contributed by atoms with Crippen molar-refractivity contribution in [3.63, 3.8) is 0 Å². The van der Waals surface area contributed by atoms with Gasteiger partial charge in [-0.05, 0) is 42.8 Å². The summed E-state index contributed by atoms with van der Waals surface area (Å²) in [6, 6.07) is 11.8. The van der Waals surface area contributed by atoms with Crippen LogP contribution in [-0.4, -0.2) is 65.8 Å². The van der Waals surface area contributed by atoms with Gasteiger partial charge in [-0.2, -0.15) is 0 Å². The zero-order valence-corrected chi connectivity index (χ0v) is 17.6. The number of carbonyl (C=O) groups is 2. The van der Waals surface area contributed by atoms with E-state index in [0.29, 0.717) is 51.3 Å². The maximum atomic E-state index is 12.9. The van der Waals surface area contributed by atoms with Crippen LogP contribution in [0.1, 0.15) is 12.8 Å². The first-order valence-corrected chi connectivity index (χ1v) is 10.4. The molecule has 0 radical (unpaired) electrons. The van der Waals surface area contributed by atoms with E-state index in [2.05, 4.69) is 10.6 Å². The summed E-state index contributed by atoms with van der Waals surface area (Å²) in [7, 11) is 0. The molecule has 1 heterocycles. The van der Waals surface area contributed by atoms with Crippen LogP contribution in [0, 0.1) is 15.9 Å². The summed E-state index contributed by atoms with van der Waals surface area (Å²) in [5.74, 6) is -0.453. The van der Waals surface area contributed by atoms with Crippen LogP contribution < -0.4 is 10.6 Å². The van der Waals surface area contributed by atoms with Crippen LogP contribution in [0.4, 0.5) is 21.5 Å². The summed E-state index contributed by atoms with van der Waals surface area (Å²) in [5, 5.41) is 16.6. The Morgan fingerprint density at radius 2 is 1.59 bits per heavy atom. The Hall–Kier alpha value is -3.53. The molecule has 1 fully saturated rings. The first-order chi connectivity index (χ1) is 15.4. The molecule has 1 aliphatic heterocycles. The number of carbonyl (C=O) groups excluding carboxylic acids is 2. The number of piperazine rings is 1. The van der Waals surface area contributed by atoms with Gasteiger partial charge < -0.3 is 15.5 Å². The normalized spacial score (nSPS) is 14.1. The van der Waals surface area contributed by atoms with E-state index in [4.69, 9.17) is 0 Å². The van der Waals surface area contributed by atoms with Crippen molar-refractivity contribution < 1.29 is 18.9 Å². The molecule has 0 aromatic heterocycles. The minimum absolute atomic E-state index is 0.0396. The lowest BCUT2D eigenvalue weighted by Crippen LogP contribution is -2.50. The van der Waals surface area contributed by atoms with E-state index in [0.717, 1.165) is 5.69 Å². The van der Waals surface area contributed by atoms with Crippen molar-refractivity contribution in [2.45, 2.75) is 12.8 Å². The van der Waals surface area contributed by atoms with Crippen LogP contribution in [0.5, 0.6) is 0 Å². The van der Waals surface area contributed by atoms with Gasteiger partial charge in [-0.15, -0.1) is 0 Å². The predicted octanol–water partition coefficient (Wildman–Crippen LogP) is 2.71. The Labute approximate surface area is 185 Å². The van der Waals surface area contributed by atoms with Gasteiger partial charge >= 0.3 is 0 Å². The largest absolute Gasteiger partial charge is 0.385 e. The lowest BCUT2D eigenvalue weighted by Gasteiger charge is -2.34. The number of benzene rings is 2. The standard InChI is InChI=1S/C22H26FN5O4/c23-17-3-5-19(6-4-17)25-21(29)16-26-12-14-27(15-13-26)22(30)2-1-11-24-18-7-9-20(10-8-18)28(31)32/h3-10,24H,1-2,11-16H2,(H,25,29). The number of nitrogens with zero attached hydrogens (tertiary/aromatic N) is 3. The molecule has 0 atom stereocenters. The highest BCUT2D eigenvalue weighted by atomic mass is 19.1. The molecule has 9 nitrogen and oxygen atoms in total. The van der Waals surface area contributed by atoms with Gasteiger partial charge in [-0.3, -0.25) is 24.6 Å². The minimum atomic E-state index is -0.444. The molecule has 2 aromatic carbocycles. The van der Waals surface area contributed by atoms with Crippen LogP contribution in [-0.2, 0) is 9.59 Å². The molecule has 1 saturated heterocycles. The fraction of sp³-hybridized carbons (Fsp3) is 0.364. The van der Waals surface area contributed by atoms with Gasteiger partial charge in [0.25, 0.3) is 5.69 Å². The number of non-ortho nitro benzene ring substituents is 1. The highest BCUT2D eigenvalue weighted by Crippen LogP contribution is 2.15. The number of anilines is 2. The number of nitro groups is 1. The third kappa shape index (κ3) is 7.02. The molecular formula is C22H26FN5O4. The lowest BCUT2D eigenvalue weighted by atomic mass is 10.2. The maximum Gasteiger partial charge on any atom is 0.269 e. The molecule has 0 aliphatic carbocycles. The zero-order valence-electron chi connectivity index (χ0n) is 17.6. The summed E-state index contributed by atoms with van der Waals surface area (Å²) < 4.78 is 12.9. The second-order valence-corrected chi connectivity index (χ2v) is 7.55. The van der Waals surface area contributed by atoms with Crippen molar-refractivity contribution in [1.82, 2.24) is 9.80 Å². The van der Waals surface area contributed by atoms with Crippen molar-refractivity contribution in [3.8, 4) is 0 Å². The molecule has 3 rings (SSSR count). The van der Waals surface area contributed by atoms with Gasteiger partial charge in [-0.1, -0.05) is 0 Å². The first kappa shape index (κ1) is 23.1. The van der Waals surface area contributed by atoms with Crippen molar-refractivity contribution in [2.75, 3.05) is 49.9 Å². The van der Waals surface area contributed by atoms with E-state index < -0.39 is 4.92 Å². The topological polar surface area (TPSA) is 108 Å². The second-order valence-electron chi connectivity index (χ2n) is 7.55. The average Bonchev–Trinajstić information content (AvgIpc) is 2.79. The van der Waals surface area contributed by atoms with E-state index in [1.165, 1.54) is 36.4 Å². The third-order valence-corrected chi connectivity index (χ3v) is 5.19. The smallest absolute Gasteiger partial charge is 0.269 e.